The summed E-state index contributed by atoms with van der Waals surface area (Å²) in [5, 5.41) is 3.19. The first-order valence-corrected chi connectivity index (χ1v) is 8.59. The lowest BCUT2D eigenvalue weighted by molar-refractivity contribution is -0.0472. The number of thiazole rings is 1. The lowest BCUT2D eigenvalue weighted by Crippen LogP contribution is -2.42. The van der Waals surface area contributed by atoms with Gasteiger partial charge in [0.15, 0.2) is 0 Å². The van der Waals surface area contributed by atoms with Crippen molar-refractivity contribution in [1.29, 1.82) is 0 Å². The fourth-order valence-electron chi connectivity index (χ4n) is 3.39. The molecule has 22 heavy (non-hydrogen) atoms. The standard InChI is InChI=1S/C16H19N3O2S/c1-3-12(9-17-5-1)21-14-10-19(11-15-18-6-8-22-15)13-4-2-7-20-16(13)14/h1,3,5-6,8-9,13-14,16H,2,4,7,10-11H2/t13-,14+,16+/m0/s1. The summed E-state index contributed by atoms with van der Waals surface area (Å²) >= 11 is 1.71. The van der Waals surface area contributed by atoms with Crippen molar-refractivity contribution < 1.29 is 9.47 Å². The number of likely N-dealkylation sites (tertiary alicyclic amines) is 1. The second-order valence-electron chi connectivity index (χ2n) is 5.75. The van der Waals surface area contributed by atoms with Crippen molar-refractivity contribution in [3.63, 3.8) is 0 Å². The maximum atomic E-state index is 6.15. The molecule has 0 bridgehead atoms. The van der Waals surface area contributed by atoms with Gasteiger partial charge in [0, 0.05) is 37.0 Å². The van der Waals surface area contributed by atoms with E-state index in [-0.39, 0.29) is 12.2 Å². The van der Waals surface area contributed by atoms with Gasteiger partial charge in [-0.05, 0) is 25.0 Å². The van der Waals surface area contributed by atoms with Gasteiger partial charge < -0.3 is 9.47 Å². The van der Waals surface area contributed by atoms with Crippen LogP contribution in [0, 0.1) is 0 Å². The molecule has 2 aliphatic heterocycles. The van der Waals surface area contributed by atoms with Crippen LogP contribution in [0.25, 0.3) is 0 Å². The molecule has 0 unspecified atom stereocenters. The van der Waals surface area contributed by atoms with Crippen LogP contribution in [0.2, 0.25) is 0 Å². The van der Waals surface area contributed by atoms with Gasteiger partial charge >= 0.3 is 0 Å². The van der Waals surface area contributed by atoms with Crippen molar-refractivity contribution >= 4 is 11.3 Å². The van der Waals surface area contributed by atoms with Gasteiger partial charge in [0.05, 0.1) is 12.7 Å². The topological polar surface area (TPSA) is 47.5 Å². The molecule has 0 saturated carbocycles. The van der Waals surface area contributed by atoms with Crippen LogP contribution in [0.1, 0.15) is 17.8 Å². The fraction of sp³-hybridized carbons (Fsp3) is 0.500. The van der Waals surface area contributed by atoms with Crippen molar-refractivity contribution in [2.24, 2.45) is 0 Å². The van der Waals surface area contributed by atoms with E-state index in [4.69, 9.17) is 9.47 Å². The molecule has 0 aromatic carbocycles. The number of nitrogens with zero attached hydrogens (tertiary/aromatic N) is 3. The van der Waals surface area contributed by atoms with Gasteiger partial charge in [-0.3, -0.25) is 9.88 Å². The molecule has 2 aromatic rings. The molecule has 3 atom stereocenters. The van der Waals surface area contributed by atoms with Crippen molar-refractivity contribution in [3.05, 3.63) is 41.1 Å². The second-order valence-corrected chi connectivity index (χ2v) is 6.72. The second kappa shape index (κ2) is 6.32. The van der Waals surface area contributed by atoms with Gasteiger partial charge in [0.2, 0.25) is 0 Å². The molecule has 2 aliphatic rings. The largest absolute Gasteiger partial charge is 0.485 e. The lowest BCUT2D eigenvalue weighted by atomic mass is 10.0. The highest BCUT2D eigenvalue weighted by Crippen LogP contribution is 2.32. The molecular formula is C16H19N3O2S. The molecule has 4 rings (SSSR count). The summed E-state index contributed by atoms with van der Waals surface area (Å²) in [5.41, 5.74) is 0. The molecule has 0 N–H and O–H groups in total. The Hall–Kier alpha value is -1.50. The minimum absolute atomic E-state index is 0.0643. The van der Waals surface area contributed by atoms with Crippen LogP contribution in [0.4, 0.5) is 0 Å². The van der Waals surface area contributed by atoms with Crippen molar-refractivity contribution in [2.45, 2.75) is 37.6 Å². The van der Waals surface area contributed by atoms with E-state index >= 15 is 0 Å². The van der Waals surface area contributed by atoms with Gasteiger partial charge in [0.1, 0.15) is 23.0 Å². The fourth-order valence-corrected chi connectivity index (χ4v) is 4.03. The summed E-state index contributed by atoms with van der Waals surface area (Å²) in [7, 11) is 0. The Morgan fingerprint density at radius 2 is 2.41 bits per heavy atom. The van der Waals surface area contributed by atoms with Gasteiger partial charge in [-0.2, -0.15) is 0 Å². The highest BCUT2D eigenvalue weighted by Gasteiger charge is 2.45. The molecule has 0 radical (unpaired) electrons. The third-order valence-corrected chi connectivity index (χ3v) is 5.09. The van der Waals surface area contributed by atoms with Crippen LogP contribution >= 0.6 is 11.3 Å². The Kier molecular flexibility index (Phi) is 4.05. The normalized spacial score (nSPS) is 28.5. The Morgan fingerprint density at radius 3 is 3.23 bits per heavy atom. The maximum Gasteiger partial charge on any atom is 0.139 e. The van der Waals surface area contributed by atoms with Crippen LogP contribution in [0.15, 0.2) is 36.1 Å². The molecule has 0 aliphatic carbocycles. The molecule has 0 amide bonds. The van der Waals surface area contributed by atoms with E-state index in [1.807, 2.05) is 23.7 Å². The highest BCUT2D eigenvalue weighted by atomic mass is 32.1. The number of fused-ring (bicyclic) bond motifs is 1. The maximum absolute atomic E-state index is 6.15. The van der Waals surface area contributed by atoms with Crippen molar-refractivity contribution in [2.75, 3.05) is 13.2 Å². The van der Waals surface area contributed by atoms with Crippen LogP contribution in [-0.4, -0.2) is 46.3 Å². The molecule has 5 nitrogen and oxygen atoms in total. The van der Waals surface area contributed by atoms with E-state index in [1.54, 1.807) is 23.7 Å². The average molecular weight is 317 g/mol. The van der Waals surface area contributed by atoms with Gasteiger partial charge in [-0.25, -0.2) is 4.98 Å². The zero-order chi connectivity index (χ0) is 14.8. The summed E-state index contributed by atoms with van der Waals surface area (Å²) in [4.78, 5) is 11.0. The highest BCUT2D eigenvalue weighted by molar-refractivity contribution is 7.09. The van der Waals surface area contributed by atoms with E-state index in [0.717, 1.165) is 36.9 Å². The van der Waals surface area contributed by atoms with Crippen LogP contribution in [-0.2, 0) is 11.3 Å². The molecule has 2 aromatic heterocycles. The van der Waals surface area contributed by atoms with E-state index in [2.05, 4.69) is 14.9 Å². The number of aromatic nitrogens is 2. The Labute approximate surface area is 133 Å². The van der Waals surface area contributed by atoms with E-state index in [1.165, 1.54) is 6.42 Å². The summed E-state index contributed by atoms with van der Waals surface area (Å²) in [6, 6.07) is 4.28. The Morgan fingerprint density at radius 1 is 1.41 bits per heavy atom. The van der Waals surface area contributed by atoms with Crippen LogP contribution < -0.4 is 4.74 Å². The van der Waals surface area contributed by atoms with Crippen molar-refractivity contribution in [3.8, 4) is 5.75 Å². The number of pyridine rings is 1. The predicted octanol–water partition coefficient (Wildman–Crippen LogP) is 2.35. The first-order valence-electron chi connectivity index (χ1n) is 7.71. The van der Waals surface area contributed by atoms with E-state index < -0.39 is 0 Å². The zero-order valence-corrected chi connectivity index (χ0v) is 13.1. The SMILES string of the molecule is c1cncc(O[C@@H]2CN(Cc3nccs3)[C@H]3CCCO[C@@H]23)c1. The van der Waals surface area contributed by atoms with Gasteiger partial charge in [-0.15, -0.1) is 11.3 Å². The minimum Gasteiger partial charge on any atom is -0.485 e. The molecule has 6 heteroatoms. The first-order chi connectivity index (χ1) is 10.9. The Bertz CT molecular complexity index is 593. The third-order valence-electron chi connectivity index (χ3n) is 4.33. The predicted molar refractivity (Wildman–Crippen MR) is 83.9 cm³/mol. The molecule has 0 spiro atoms. The molecular weight excluding hydrogens is 298 g/mol. The van der Waals surface area contributed by atoms with Gasteiger partial charge in [-0.1, -0.05) is 0 Å². The number of ether oxygens (including phenoxy) is 2. The minimum atomic E-state index is 0.0643. The average Bonchev–Trinajstić information content (AvgIpc) is 3.18. The summed E-state index contributed by atoms with van der Waals surface area (Å²) in [5.74, 6) is 0.816. The number of hydrogen-bond acceptors (Lipinski definition) is 6. The lowest BCUT2D eigenvalue weighted by Gasteiger charge is -2.31. The molecule has 116 valence electrons. The summed E-state index contributed by atoms with van der Waals surface area (Å²) in [6.45, 7) is 2.60. The smallest absolute Gasteiger partial charge is 0.139 e. The zero-order valence-electron chi connectivity index (χ0n) is 12.3. The Balaban J connectivity index is 1.50. The van der Waals surface area contributed by atoms with Crippen LogP contribution in [0.5, 0.6) is 5.75 Å². The summed E-state index contributed by atoms with van der Waals surface area (Å²) < 4.78 is 12.2. The van der Waals surface area contributed by atoms with Crippen molar-refractivity contribution in [1.82, 2.24) is 14.9 Å². The molecule has 2 fully saturated rings. The van der Waals surface area contributed by atoms with Crippen LogP contribution in [0.3, 0.4) is 0 Å². The third kappa shape index (κ3) is 2.86. The monoisotopic (exact) mass is 317 g/mol. The van der Waals surface area contributed by atoms with E-state index in [0.29, 0.717) is 6.04 Å². The number of rotatable bonds is 4. The summed E-state index contributed by atoms with van der Waals surface area (Å²) in [6.07, 6.45) is 7.90. The molecule has 4 heterocycles. The quantitative estimate of drug-likeness (QED) is 0.866. The van der Waals surface area contributed by atoms with E-state index in [9.17, 15) is 0 Å². The number of hydrogen-bond donors (Lipinski definition) is 0. The van der Waals surface area contributed by atoms with Gasteiger partial charge in [0.25, 0.3) is 0 Å². The first kappa shape index (κ1) is 14.1. The molecule has 2 saturated heterocycles.